The molecule has 7 heteroatoms. The third kappa shape index (κ3) is 3.58. The number of benzene rings is 1. The zero-order chi connectivity index (χ0) is 13.9. The number of hydrogen-bond acceptors (Lipinski definition) is 2. The van der Waals surface area contributed by atoms with Crippen LogP contribution in [0.2, 0.25) is 0 Å². The Morgan fingerprint density at radius 1 is 1.22 bits per heavy atom. The lowest BCUT2D eigenvalue weighted by atomic mass is 10.2. The monoisotopic (exact) mass is 264 g/mol. The highest BCUT2D eigenvalue weighted by molar-refractivity contribution is 5.52. The van der Waals surface area contributed by atoms with Gasteiger partial charge in [0.2, 0.25) is 0 Å². The average molecular weight is 264 g/mol. The third-order valence-corrected chi connectivity index (χ3v) is 2.26. The summed E-state index contributed by atoms with van der Waals surface area (Å²) in [6, 6.07) is 3.11. The summed E-state index contributed by atoms with van der Waals surface area (Å²) in [7, 11) is 1.15. The highest BCUT2D eigenvalue weighted by Gasteiger charge is 2.28. The molecule has 0 spiro atoms. The van der Waals surface area contributed by atoms with Crippen LogP contribution in [0.4, 0.5) is 27.6 Å². The molecule has 1 rings (SSSR count). The zero-order valence-corrected chi connectivity index (χ0v) is 9.35. The number of hydrogen-bond donors (Lipinski definition) is 0. The molecule has 0 fully saturated rings. The van der Waals surface area contributed by atoms with E-state index >= 15 is 0 Å². The number of halogens is 5. The van der Waals surface area contributed by atoms with E-state index in [9.17, 15) is 22.0 Å². The summed E-state index contributed by atoms with van der Waals surface area (Å²) in [4.78, 5) is 0.833. The van der Waals surface area contributed by atoms with Gasteiger partial charge in [-0.2, -0.15) is 18.4 Å². The summed E-state index contributed by atoms with van der Waals surface area (Å²) in [5.41, 5.74) is -0.795. The molecule has 2 nitrogen and oxygen atoms in total. The SMILES string of the molecule is CN(CCC(F)(F)F)c1c(F)cc(C#N)cc1F. The molecule has 0 unspecified atom stereocenters. The predicted octanol–water partition coefficient (Wildman–Crippen LogP) is 3.23. The fourth-order valence-corrected chi connectivity index (χ4v) is 1.40. The summed E-state index contributed by atoms with van der Waals surface area (Å²) < 4.78 is 62.9. The molecular formula is C11H9F5N2. The molecule has 0 radical (unpaired) electrons. The Bertz CT molecular complexity index is 452. The van der Waals surface area contributed by atoms with Gasteiger partial charge in [-0.3, -0.25) is 0 Å². The minimum atomic E-state index is -4.40. The van der Waals surface area contributed by atoms with Gasteiger partial charge in [0.05, 0.1) is 18.1 Å². The Balaban J connectivity index is 2.93. The Labute approximate surface area is 100 Å². The van der Waals surface area contributed by atoms with Gasteiger partial charge < -0.3 is 4.90 Å². The van der Waals surface area contributed by atoms with Crippen molar-refractivity contribution < 1.29 is 22.0 Å². The molecule has 0 aliphatic heterocycles. The molecule has 98 valence electrons. The molecule has 1 aromatic carbocycles. The van der Waals surface area contributed by atoms with Crippen LogP contribution in [-0.4, -0.2) is 19.8 Å². The van der Waals surface area contributed by atoms with Crippen molar-refractivity contribution in [2.45, 2.75) is 12.6 Å². The first kappa shape index (κ1) is 14.2. The number of alkyl halides is 3. The van der Waals surface area contributed by atoms with Gasteiger partial charge >= 0.3 is 6.18 Å². The lowest BCUT2D eigenvalue weighted by Gasteiger charge is -2.21. The average Bonchev–Trinajstić information content (AvgIpc) is 2.24. The molecule has 0 heterocycles. The topological polar surface area (TPSA) is 27.0 Å². The van der Waals surface area contributed by atoms with E-state index in [-0.39, 0.29) is 5.56 Å². The van der Waals surface area contributed by atoms with Crippen LogP contribution in [0.15, 0.2) is 12.1 Å². The quantitative estimate of drug-likeness (QED) is 0.784. The van der Waals surface area contributed by atoms with E-state index in [1.165, 1.54) is 0 Å². The summed E-state index contributed by atoms with van der Waals surface area (Å²) in [6.07, 6.45) is -5.57. The molecule has 0 aliphatic rings. The van der Waals surface area contributed by atoms with Gasteiger partial charge in [0.15, 0.2) is 11.6 Å². The van der Waals surface area contributed by atoms with Crippen LogP contribution in [0.3, 0.4) is 0 Å². The number of nitrogens with zero attached hydrogens (tertiary/aromatic N) is 2. The van der Waals surface area contributed by atoms with Crippen LogP contribution in [0.1, 0.15) is 12.0 Å². The lowest BCUT2D eigenvalue weighted by Crippen LogP contribution is -2.25. The van der Waals surface area contributed by atoms with E-state index in [1.807, 2.05) is 0 Å². The Morgan fingerprint density at radius 2 is 1.72 bits per heavy atom. The molecule has 0 N–H and O–H groups in total. The summed E-state index contributed by atoms with van der Waals surface area (Å²) in [5, 5.41) is 8.48. The van der Waals surface area contributed by atoms with Crippen LogP contribution in [0.5, 0.6) is 0 Å². The standard InChI is InChI=1S/C11H9F5N2/c1-18(3-2-11(14,15)16)10-8(12)4-7(6-17)5-9(10)13/h4-5H,2-3H2,1H3. The maximum absolute atomic E-state index is 13.5. The maximum atomic E-state index is 13.5. The smallest absolute Gasteiger partial charge is 0.370 e. The van der Waals surface area contributed by atoms with Gasteiger partial charge in [-0.15, -0.1) is 0 Å². The maximum Gasteiger partial charge on any atom is 0.390 e. The van der Waals surface area contributed by atoms with Crippen LogP contribution in [0.25, 0.3) is 0 Å². The minimum absolute atomic E-state index is 0.224. The second-order valence-electron chi connectivity index (χ2n) is 3.69. The Kier molecular flexibility index (Phi) is 4.11. The molecule has 0 saturated heterocycles. The summed E-state index contributed by atoms with van der Waals surface area (Å²) in [6.45, 7) is -0.566. The number of nitriles is 1. The number of rotatable bonds is 3. The normalized spacial score (nSPS) is 11.2. The van der Waals surface area contributed by atoms with Crippen LogP contribution >= 0.6 is 0 Å². The van der Waals surface area contributed by atoms with E-state index in [4.69, 9.17) is 5.26 Å². The van der Waals surface area contributed by atoms with Crippen molar-refractivity contribution >= 4 is 5.69 Å². The first-order valence-electron chi connectivity index (χ1n) is 4.91. The van der Waals surface area contributed by atoms with E-state index in [0.29, 0.717) is 0 Å². The van der Waals surface area contributed by atoms with Crippen LogP contribution in [0, 0.1) is 23.0 Å². The molecule has 0 aromatic heterocycles. The molecule has 18 heavy (non-hydrogen) atoms. The van der Waals surface area contributed by atoms with Gasteiger partial charge in [-0.25, -0.2) is 8.78 Å². The van der Waals surface area contributed by atoms with Crippen molar-refractivity contribution in [2.75, 3.05) is 18.5 Å². The first-order chi connectivity index (χ1) is 8.24. The van der Waals surface area contributed by atoms with Crippen molar-refractivity contribution in [3.63, 3.8) is 0 Å². The van der Waals surface area contributed by atoms with Crippen molar-refractivity contribution in [3.8, 4) is 6.07 Å². The summed E-state index contributed by atoms with van der Waals surface area (Å²) >= 11 is 0. The molecular weight excluding hydrogens is 255 g/mol. The Morgan fingerprint density at radius 3 is 2.11 bits per heavy atom. The second-order valence-corrected chi connectivity index (χ2v) is 3.69. The Hall–Kier alpha value is -1.84. The van der Waals surface area contributed by atoms with Crippen molar-refractivity contribution in [1.82, 2.24) is 0 Å². The predicted molar refractivity (Wildman–Crippen MR) is 55.0 cm³/mol. The van der Waals surface area contributed by atoms with Crippen LogP contribution < -0.4 is 4.90 Å². The van der Waals surface area contributed by atoms with Crippen molar-refractivity contribution in [1.29, 1.82) is 5.26 Å². The van der Waals surface area contributed by atoms with E-state index in [2.05, 4.69) is 0 Å². The van der Waals surface area contributed by atoms with Gasteiger partial charge in [0, 0.05) is 13.6 Å². The molecule has 0 aliphatic carbocycles. The number of anilines is 1. The highest BCUT2D eigenvalue weighted by Crippen LogP contribution is 2.26. The van der Waals surface area contributed by atoms with E-state index < -0.39 is 36.5 Å². The largest absolute Gasteiger partial charge is 0.390 e. The third-order valence-electron chi connectivity index (χ3n) is 2.26. The van der Waals surface area contributed by atoms with Crippen molar-refractivity contribution in [3.05, 3.63) is 29.3 Å². The second kappa shape index (κ2) is 5.21. The van der Waals surface area contributed by atoms with Gasteiger partial charge in [-0.1, -0.05) is 0 Å². The fourth-order valence-electron chi connectivity index (χ4n) is 1.40. The lowest BCUT2D eigenvalue weighted by molar-refractivity contribution is -0.132. The summed E-state index contributed by atoms with van der Waals surface area (Å²) in [5.74, 6) is -2.12. The van der Waals surface area contributed by atoms with Crippen molar-refractivity contribution in [2.24, 2.45) is 0 Å². The molecule has 0 atom stereocenters. The van der Waals surface area contributed by atoms with E-state index in [0.717, 1.165) is 24.1 Å². The molecule has 0 bridgehead atoms. The molecule has 1 aromatic rings. The zero-order valence-electron chi connectivity index (χ0n) is 9.35. The van der Waals surface area contributed by atoms with Gasteiger partial charge in [0.1, 0.15) is 5.69 Å². The highest BCUT2D eigenvalue weighted by atomic mass is 19.4. The molecule has 0 saturated carbocycles. The first-order valence-corrected chi connectivity index (χ1v) is 4.91. The van der Waals surface area contributed by atoms with E-state index in [1.54, 1.807) is 6.07 Å². The minimum Gasteiger partial charge on any atom is -0.370 e. The fraction of sp³-hybridized carbons (Fsp3) is 0.364. The van der Waals surface area contributed by atoms with Gasteiger partial charge in [-0.05, 0) is 12.1 Å². The van der Waals surface area contributed by atoms with Gasteiger partial charge in [0.25, 0.3) is 0 Å². The molecule has 0 amide bonds. The van der Waals surface area contributed by atoms with Crippen LogP contribution in [-0.2, 0) is 0 Å².